The Hall–Kier alpha value is -1.64. The van der Waals surface area contributed by atoms with Gasteiger partial charge in [-0.15, -0.1) is 0 Å². The summed E-state index contributed by atoms with van der Waals surface area (Å²) < 4.78 is 0. The molecule has 0 aliphatic heterocycles. The van der Waals surface area contributed by atoms with Crippen molar-refractivity contribution in [1.82, 2.24) is 0 Å². The number of amides is 1. The molecule has 0 radical (unpaired) electrons. The van der Waals surface area contributed by atoms with Crippen LogP contribution in [0.4, 0.5) is 5.69 Å². The van der Waals surface area contributed by atoms with Crippen LogP contribution < -0.4 is 4.90 Å². The second-order valence-corrected chi connectivity index (χ2v) is 6.77. The maximum atomic E-state index is 12.9. The van der Waals surface area contributed by atoms with Gasteiger partial charge in [0.2, 0.25) is 5.91 Å². The second-order valence-electron chi connectivity index (χ2n) is 6.77. The van der Waals surface area contributed by atoms with Gasteiger partial charge in [-0.1, -0.05) is 32.0 Å². The van der Waals surface area contributed by atoms with Gasteiger partial charge in [0, 0.05) is 18.2 Å². The zero-order valence-electron chi connectivity index (χ0n) is 12.3. The largest absolute Gasteiger partial charge is 0.315 e. The topological polar surface area (TPSA) is 37.4 Å². The number of carbonyl (C=O) groups excluding carboxylic acids is 2. The van der Waals surface area contributed by atoms with Crippen molar-refractivity contribution < 1.29 is 9.59 Å². The van der Waals surface area contributed by atoms with Crippen LogP contribution in [0.2, 0.25) is 0 Å². The van der Waals surface area contributed by atoms with E-state index in [4.69, 9.17) is 0 Å². The number of nitrogens with zero attached hydrogens (tertiary/aromatic N) is 1. The SMILES string of the molecule is CN(C(=O)C12CCC(C1)C(C)(C)C2=O)c1ccccc1. The average Bonchev–Trinajstić information content (AvgIpc) is 2.98. The van der Waals surface area contributed by atoms with Crippen LogP contribution in [0.1, 0.15) is 33.1 Å². The van der Waals surface area contributed by atoms with E-state index in [1.807, 2.05) is 44.2 Å². The summed E-state index contributed by atoms with van der Waals surface area (Å²) in [6, 6.07) is 9.57. The normalized spacial score (nSPS) is 30.6. The highest BCUT2D eigenvalue weighted by atomic mass is 16.2. The number of anilines is 1. The number of hydrogen-bond donors (Lipinski definition) is 0. The fraction of sp³-hybridized carbons (Fsp3) is 0.529. The van der Waals surface area contributed by atoms with E-state index in [-0.39, 0.29) is 17.1 Å². The van der Waals surface area contributed by atoms with Gasteiger partial charge in [0.25, 0.3) is 0 Å². The predicted octanol–water partition coefficient (Wildman–Crippen LogP) is 3.04. The molecule has 3 heteroatoms. The lowest BCUT2D eigenvalue weighted by molar-refractivity contribution is -0.143. The molecule has 1 aromatic rings. The number of carbonyl (C=O) groups is 2. The second kappa shape index (κ2) is 4.18. The summed E-state index contributed by atoms with van der Waals surface area (Å²) >= 11 is 0. The molecule has 2 fully saturated rings. The molecule has 106 valence electrons. The summed E-state index contributed by atoms with van der Waals surface area (Å²) in [6.45, 7) is 3.99. The van der Waals surface area contributed by atoms with Crippen molar-refractivity contribution in [3.63, 3.8) is 0 Å². The van der Waals surface area contributed by atoms with Crippen molar-refractivity contribution in [3.8, 4) is 0 Å². The summed E-state index contributed by atoms with van der Waals surface area (Å²) in [6.07, 6.45) is 2.44. The van der Waals surface area contributed by atoms with E-state index in [1.54, 1.807) is 11.9 Å². The molecule has 0 saturated heterocycles. The molecule has 3 nitrogen and oxygen atoms in total. The van der Waals surface area contributed by atoms with E-state index < -0.39 is 5.41 Å². The molecule has 2 aliphatic rings. The molecule has 0 aromatic heterocycles. The van der Waals surface area contributed by atoms with Crippen LogP contribution in [-0.2, 0) is 9.59 Å². The van der Waals surface area contributed by atoms with Crippen LogP contribution in [0.5, 0.6) is 0 Å². The molecule has 0 heterocycles. The molecule has 0 spiro atoms. The molecule has 2 saturated carbocycles. The standard InChI is InChI=1S/C17H21NO2/c1-16(2)12-9-10-17(11-12,14(16)19)15(20)18(3)13-7-5-4-6-8-13/h4-8,12H,9-11H2,1-3H3. The minimum absolute atomic E-state index is 0.0261. The fourth-order valence-electron chi connectivity index (χ4n) is 4.05. The lowest BCUT2D eigenvalue weighted by Crippen LogP contribution is -2.48. The Morgan fingerprint density at radius 2 is 1.90 bits per heavy atom. The maximum Gasteiger partial charge on any atom is 0.240 e. The smallest absolute Gasteiger partial charge is 0.240 e. The highest BCUT2D eigenvalue weighted by Gasteiger charge is 2.65. The van der Waals surface area contributed by atoms with E-state index in [0.29, 0.717) is 5.92 Å². The molecule has 1 aromatic carbocycles. The van der Waals surface area contributed by atoms with Gasteiger partial charge in [0.05, 0.1) is 0 Å². The van der Waals surface area contributed by atoms with Gasteiger partial charge in [-0.2, -0.15) is 0 Å². The lowest BCUT2D eigenvalue weighted by atomic mass is 9.70. The molecular weight excluding hydrogens is 250 g/mol. The third-order valence-corrected chi connectivity index (χ3v) is 5.41. The van der Waals surface area contributed by atoms with Crippen LogP contribution in [0.15, 0.2) is 30.3 Å². The Morgan fingerprint density at radius 1 is 1.25 bits per heavy atom. The van der Waals surface area contributed by atoms with E-state index in [0.717, 1.165) is 24.9 Å². The Labute approximate surface area is 120 Å². The molecule has 2 atom stereocenters. The molecule has 20 heavy (non-hydrogen) atoms. The number of hydrogen-bond acceptors (Lipinski definition) is 2. The molecule has 3 rings (SSSR count). The number of benzene rings is 1. The molecular formula is C17H21NO2. The Bertz CT molecular complexity index is 564. The van der Waals surface area contributed by atoms with Crippen molar-refractivity contribution in [3.05, 3.63) is 30.3 Å². The van der Waals surface area contributed by atoms with Crippen LogP contribution in [0.3, 0.4) is 0 Å². The zero-order valence-corrected chi connectivity index (χ0v) is 12.3. The Morgan fingerprint density at radius 3 is 2.45 bits per heavy atom. The number of para-hydroxylation sites is 1. The maximum absolute atomic E-state index is 12.9. The molecule has 2 bridgehead atoms. The predicted molar refractivity (Wildman–Crippen MR) is 78.4 cm³/mol. The first-order chi connectivity index (χ1) is 9.39. The monoisotopic (exact) mass is 271 g/mol. The van der Waals surface area contributed by atoms with Crippen molar-refractivity contribution in [2.45, 2.75) is 33.1 Å². The highest BCUT2D eigenvalue weighted by molar-refractivity contribution is 6.15. The Kier molecular flexibility index (Phi) is 2.79. The van der Waals surface area contributed by atoms with Gasteiger partial charge >= 0.3 is 0 Å². The quantitative estimate of drug-likeness (QED) is 0.775. The Balaban J connectivity index is 1.94. The summed E-state index contributed by atoms with van der Waals surface area (Å²) in [4.78, 5) is 27.3. The fourth-order valence-corrected chi connectivity index (χ4v) is 4.05. The third-order valence-electron chi connectivity index (χ3n) is 5.41. The van der Waals surface area contributed by atoms with Crippen LogP contribution in [0, 0.1) is 16.7 Å². The molecule has 2 aliphatic carbocycles. The number of fused-ring (bicyclic) bond motifs is 2. The average molecular weight is 271 g/mol. The molecule has 2 unspecified atom stereocenters. The van der Waals surface area contributed by atoms with Crippen LogP contribution in [-0.4, -0.2) is 18.7 Å². The summed E-state index contributed by atoms with van der Waals surface area (Å²) in [5.74, 6) is 0.485. The van der Waals surface area contributed by atoms with E-state index in [2.05, 4.69) is 0 Å². The van der Waals surface area contributed by atoms with E-state index >= 15 is 0 Å². The summed E-state index contributed by atoms with van der Waals surface area (Å²) in [7, 11) is 1.78. The number of rotatable bonds is 2. The minimum Gasteiger partial charge on any atom is -0.315 e. The first-order valence-corrected chi connectivity index (χ1v) is 7.28. The van der Waals surface area contributed by atoms with Gasteiger partial charge in [0.1, 0.15) is 5.41 Å². The van der Waals surface area contributed by atoms with Crippen LogP contribution >= 0.6 is 0 Å². The van der Waals surface area contributed by atoms with E-state index in [9.17, 15) is 9.59 Å². The lowest BCUT2D eigenvalue weighted by Gasteiger charge is -2.34. The van der Waals surface area contributed by atoms with E-state index in [1.165, 1.54) is 0 Å². The summed E-state index contributed by atoms with van der Waals surface area (Å²) in [5.41, 5.74) is -0.252. The summed E-state index contributed by atoms with van der Waals surface area (Å²) in [5, 5.41) is 0. The van der Waals surface area contributed by atoms with Gasteiger partial charge in [-0.05, 0) is 37.3 Å². The first kappa shape index (κ1) is 13.3. The van der Waals surface area contributed by atoms with Crippen molar-refractivity contribution in [2.75, 3.05) is 11.9 Å². The first-order valence-electron chi connectivity index (χ1n) is 7.28. The minimum atomic E-state index is -0.765. The number of Topliss-reactive ketones (excluding diaryl/α,β-unsaturated/α-hetero) is 1. The third kappa shape index (κ3) is 1.58. The van der Waals surface area contributed by atoms with Gasteiger partial charge < -0.3 is 4.90 Å². The van der Waals surface area contributed by atoms with Gasteiger partial charge in [-0.3, -0.25) is 9.59 Å². The van der Waals surface area contributed by atoms with Crippen LogP contribution in [0.25, 0.3) is 0 Å². The van der Waals surface area contributed by atoms with Gasteiger partial charge in [-0.25, -0.2) is 0 Å². The van der Waals surface area contributed by atoms with Crippen molar-refractivity contribution in [1.29, 1.82) is 0 Å². The molecule has 1 amide bonds. The van der Waals surface area contributed by atoms with Crippen molar-refractivity contribution >= 4 is 17.4 Å². The molecule has 0 N–H and O–H groups in total. The highest BCUT2D eigenvalue weighted by Crippen LogP contribution is 2.60. The van der Waals surface area contributed by atoms with Gasteiger partial charge in [0.15, 0.2) is 5.78 Å². The van der Waals surface area contributed by atoms with Crippen molar-refractivity contribution in [2.24, 2.45) is 16.7 Å². The zero-order chi connectivity index (χ0) is 14.5. The number of ketones is 1.